The summed E-state index contributed by atoms with van der Waals surface area (Å²) >= 11 is 0. The summed E-state index contributed by atoms with van der Waals surface area (Å²) in [5, 5.41) is 13.5. The highest BCUT2D eigenvalue weighted by molar-refractivity contribution is 5.68. The Labute approximate surface area is 158 Å². The van der Waals surface area contributed by atoms with Gasteiger partial charge in [0.25, 0.3) is 0 Å². The van der Waals surface area contributed by atoms with Crippen molar-refractivity contribution in [2.45, 2.75) is 13.8 Å². The minimum Gasteiger partial charge on any atom is -0.383 e. The number of aryl methyl sites for hydroxylation is 2. The first-order chi connectivity index (χ1) is 13.1. The predicted molar refractivity (Wildman–Crippen MR) is 109 cm³/mol. The van der Waals surface area contributed by atoms with Crippen LogP contribution in [-0.2, 0) is 4.74 Å². The lowest BCUT2D eigenvalue weighted by atomic mass is 10.1. The smallest absolute Gasteiger partial charge is 0.156 e. The first kappa shape index (κ1) is 18.6. The fraction of sp³-hybridized carbons (Fsp3) is 0.250. The van der Waals surface area contributed by atoms with E-state index in [0.717, 1.165) is 17.1 Å². The van der Waals surface area contributed by atoms with Gasteiger partial charge in [0.2, 0.25) is 0 Å². The molecule has 0 fully saturated rings. The Balaban J connectivity index is 1.82. The Morgan fingerprint density at radius 3 is 2.48 bits per heavy atom. The number of nitrogens with zero attached hydrogens (tertiary/aromatic N) is 3. The minimum atomic E-state index is 0.597. The number of H-pyrrole nitrogens is 1. The Kier molecular flexibility index (Phi) is 6.17. The van der Waals surface area contributed by atoms with Crippen molar-refractivity contribution >= 4 is 29.6 Å². The monoisotopic (exact) mass is 364 g/mol. The highest BCUT2D eigenvalue weighted by Crippen LogP contribution is 2.18. The van der Waals surface area contributed by atoms with E-state index >= 15 is 0 Å². The van der Waals surface area contributed by atoms with Crippen molar-refractivity contribution in [2.75, 3.05) is 30.9 Å². The second-order valence-electron chi connectivity index (χ2n) is 6.22. The summed E-state index contributed by atoms with van der Waals surface area (Å²) in [5.74, 6) is 2.70. The van der Waals surface area contributed by atoms with Crippen LogP contribution in [-0.4, -0.2) is 40.4 Å². The third-order valence-electron chi connectivity index (χ3n) is 3.82. The van der Waals surface area contributed by atoms with Crippen molar-refractivity contribution in [3.8, 4) is 0 Å². The number of hydrogen-bond donors (Lipinski definition) is 3. The summed E-state index contributed by atoms with van der Waals surface area (Å²) in [6.07, 6.45) is 3.89. The van der Waals surface area contributed by atoms with Gasteiger partial charge in [-0.1, -0.05) is 35.9 Å². The molecule has 0 saturated carbocycles. The number of ether oxygens (including phenoxy) is 1. The van der Waals surface area contributed by atoms with Crippen molar-refractivity contribution in [1.29, 1.82) is 0 Å². The van der Waals surface area contributed by atoms with E-state index in [0.29, 0.717) is 30.6 Å². The van der Waals surface area contributed by atoms with E-state index in [-0.39, 0.29) is 0 Å². The molecular weight excluding hydrogens is 340 g/mol. The van der Waals surface area contributed by atoms with E-state index in [9.17, 15) is 0 Å². The third kappa shape index (κ3) is 5.65. The number of methoxy groups -OCH3 is 1. The van der Waals surface area contributed by atoms with Crippen molar-refractivity contribution < 1.29 is 4.74 Å². The molecule has 3 rings (SSSR count). The molecule has 2 heterocycles. The molecule has 0 aliphatic carbocycles. The lowest BCUT2D eigenvalue weighted by Crippen LogP contribution is -2.10. The number of nitrogens with one attached hydrogen (secondary N) is 3. The molecule has 3 N–H and O–H groups in total. The van der Waals surface area contributed by atoms with Gasteiger partial charge in [0, 0.05) is 31.5 Å². The molecule has 0 spiro atoms. The van der Waals surface area contributed by atoms with Crippen LogP contribution in [0, 0.1) is 13.8 Å². The van der Waals surface area contributed by atoms with Crippen LogP contribution in [0.4, 0.5) is 17.5 Å². The van der Waals surface area contributed by atoms with Gasteiger partial charge in [0.05, 0.1) is 6.61 Å². The van der Waals surface area contributed by atoms with Crippen LogP contribution in [0.15, 0.2) is 36.4 Å². The highest BCUT2D eigenvalue weighted by Gasteiger charge is 2.05. The molecule has 0 unspecified atom stereocenters. The topological polar surface area (TPSA) is 87.8 Å². The van der Waals surface area contributed by atoms with E-state index in [1.54, 1.807) is 7.11 Å². The molecule has 7 nitrogen and oxygen atoms in total. The van der Waals surface area contributed by atoms with E-state index < -0.39 is 0 Å². The maximum absolute atomic E-state index is 5.09. The van der Waals surface area contributed by atoms with Gasteiger partial charge in [0.1, 0.15) is 11.6 Å². The third-order valence-corrected chi connectivity index (χ3v) is 3.82. The minimum absolute atomic E-state index is 0.597. The number of hydrogen-bond acceptors (Lipinski definition) is 6. The summed E-state index contributed by atoms with van der Waals surface area (Å²) in [5.41, 5.74) is 3.30. The molecule has 1 aromatic carbocycles. The normalized spacial score (nSPS) is 11.1. The molecule has 7 heteroatoms. The SMILES string of the molecule is COCCNc1cc(Nc2cc(C)[nH]n2)nc(C=Cc2ccc(C)cc2)n1. The summed E-state index contributed by atoms with van der Waals surface area (Å²) in [6, 6.07) is 12.1. The quantitative estimate of drug-likeness (QED) is 0.527. The van der Waals surface area contributed by atoms with Gasteiger partial charge in [-0.25, -0.2) is 9.97 Å². The molecule has 0 amide bonds. The summed E-state index contributed by atoms with van der Waals surface area (Å²) in [4.78, 5) is 9.12. The van der Waals surface area contributed by atoms with E-state index in [4.69, 9.17) is 4.74 Å². The van der Waals surface area contributed by atoms with Crippen molar-refractivity contribution in [2.24, 2.45) is 0 Å². The molecule has 3 aromatic rings. The predicted octanol–water partition coefficient (Wildman–Crippen LogP) is 3.79. The van der Waals surface area contributed by atoms with Gasteiger partial charge in [-0.15, -0.1) is 0 Å². The Bertz CT molecular complexity index is 901. The number of aromatic amines is 1. The zero-order valence-electron chi connectivity index (χ0n) is 15.8. The van der Waals surface area contributed by atoms with Gasteiger partial charge in [0.15, 0.2) is 11.6 Å². The molecule has 2 aromatic heterocycles. The van der Waals surface area contributed by atoms with Gasteiger partial charge in [-0.3, -0.25) is 5.10 Å². The largest absolute Gasteiger partial charge is 0.383 e. The Morgan fingerprint density at radius 1 is 1.00 bits per heavy atom. The Hall–Kier alpha value is -3.19. The molecule has 0 atom stereocenters. The first-order valence-electron chi connectivity index (χ1n) is 8.78. The lowest BCUT2D eigenvalue weighted by Gasteiger charge is -2.09. The second kappa shape index (κ2) is 8.95. The molecule has 0 radical (unpaired) electrons. The number of rotatable bonds is 8. The van der Waals surface area contributed by atoms with Crippen LogP contribution >= 0.6 is 0 Å². The molecule has 140 valence electrons. The van der Waals surface area contributed by atoms with Gasteiger partial charge >= 0.3 is 0 Å². The second-order valence-corrected chi connectivity index (χ2v) is 6.22. The molecule has 0 saturated heterocycles. The molecule has 0 aliphatic rings. The van der Waals surface area contributed by atoms with Crippen molar-refractivity contribution in [3.63, 3.8) is 0 Å². The van der Waals surface area contributed by atoms with E-state index in [1.165, 1.54) is 5.56 Å². The van der Waals surface area contributed by atoms with Crippen LogP contribution in [0.3, 0.4) is 0 Å². The average Bonchev–Trinajstić information content (AvgIpc) is 3.06. The fourth-order valence-corrected chi connectivity index (χ4v) is 2.44. The number of aromatic nitrogens is 4. The summed E-state index contributed by atoms with van der Waals surface area (Å²) in [7, 11) is 1.67. The highest BCUT2D eigenvalue weighted by atomic mass is 16.5. The molecule has 27 heavy (non-hydrogen) atoms. The van der Waals surface area contributed by atoms with Crippen LogP contribution < -0.4 is 10.6 Å². The number of anilines is 3. The van der Waals surface area contributed by atoms with Gasteiger partial charge in [-0.2, -0.15) is 5.10 Å². The van der Waals surface area contributed by atoms with Crippen LogP contribution in [0.2, 0.25) is 0 Å². The average molecular weight is 364 g/mol. The van der Waals surface area contributed by atoms with Gasteiger partial charge in [-0.05, 0) is 25.5 Å². The fourth-order valence-electron chi connectivity index (χ4n) is 2.44. The van der Waals surface area contributed by atoms with Gasteiger partial charge < -0.3 is 15.4 Å². The molecule has 0 aliphatic heterocycles. The molecule has 0 bridgehead atoms. The van der Waals surface area contributed by atoms with E-state index in [1.807, 2.05) is 31.2 Å². The maximum atomic E-state index is 5.09. The summed E-state index contributed by atoms with van der Waals surface area (Å²) < 4.78 is 5.09. The van der Waals surface area contributed by atoms with Crippen LogP contribution in [0.1, 0.15) is 22.6 Å². The zero-order chi connectivity index (χ0) is 19.1. The van der Waals surface area contributed by atoms with Crippen LogP contribution in [0.25, 0.3) is 12.2 Å². The lowest BCUT2D eigenvalue weighted by molar-refractivity contribution is 0.210. The maximum Gasteiger partial charge on any atom is 0.156 e. The van der Waals surface area contributed by atoms with E-state index in [2.05, 4.69) is 62.0 Å². The zero-order valence-corrected chi connectivity index (χ0v) is 15.8. The molecular formula is C20H24N6O. The van der Waals surface area contributed by atoms with Crippen molar-refractivity contribution in [3.05, 3.63) is 59.0 Å². The first-order valence-corrected chi connectivity index (χ1v) is 8.78. The Morgan fingerprint density at radius 2 is 1.78 bits per heavy atom. The standard InChI is InChI=1S/C20H24N6O/c1-14-4-6-16(7-5-14)8-9-17-22-18(21-10-11-27-3)13-19(23-17)24-20-12-15(2)25-26-20/h4-9,12-13H,10-11H2,1-3H3,(H3,21,22,23,24,25,26). The van der Waals surface area contributed by atoms with Crippen LogP contribution in [0.5, 0.6) is 0 Å². The summed E-state index contributed by atoms with van der Waals surface area (Å²) in [6.45, 7) is 5.28. The van der Waals surface area contributed by atoms with Crippen molar-refractivity contribution in [1.82, 2.24) is 20.2 Å². The number of benzene rings is 1.